The van der Waals surface area contributed by atoms with Crippen LogP contribution in [0.1, 0.15) is 16.1 Å². The van der Waals surface area contributed by atoms with E-state index < -0.39 is 10.8 Å². The molecule has 7 nitrogen and oxygen atoms in total. The van der Waals surface area contributed by atoms with Crippen molar-refractivity contribution in [2.45, 2.75) is 6.92 Å². The first-order valence-corrected chi connectivity index (χ1v) is 7.49. The van der Waals surface area contributed by atoms with Crippen LogP contribution in [-0.4, -0.2) is 15.8 Å². The second-order valence-electron chi connectivity index (χ2n) is 4.71. The third-order valence-electron chi connectivity index (χ3n) is 3.04. The molecule has 0 radical (unpaired) electrons. The standard InChI is InChI=1S/C15H11N3O4S/c1-9-5-6-13(22-9)12-8-23-15(16-12)17-14(19)10-3-2-4-11(7-10)18(20)21/h2-8H,1H3,(H,16,17,19). The quantitative estimate of drug-likeness (QED) is 0.578. The second-order valence-corrected chi connectivity index (χ2v) is 5.57. The molecule has 116 valence electrons. The Balaban J connectivity index is 1.77. The summed E-state index contributed by atoms with van der Waals surface area (Å²) in [5.41, 5.74) is 0.686. The Labute approximate surface area is 134 Å². The van der Waals surface area contributed by atoms with Crippen molar-refractivity contribution in [3.63, 3.8) is 0 Å². The van der Waals surface area contributed by atoms with Gasteiger partial charge in [0.25, 0.3) is 11.6 Å². The minimum Gasteiger partial charge on any atom is -0.460 e. The molecule has 0 atom stereocenters. The van der Waals surface area contributed by atoms with Gasteiger partial charge < -0.3 is 4.42 Å². The van der Waals surface area contributed by atoms with E-state index in [4.69, 9.17) is 4.42 Å². The van der Waals surface area contributed by atoms with Crippen molar-refractivity contribution in [1.29, 1.82) is 0 Å². The Bertz CT molecular complexity index is 884. The van der Waals surface area contributed by atoms with E-state index in [-0.39, 0.29) is 11.3 Å². The number of carbonyl (C=O) groups is 1. The van der Waals surface area contributed by atoms with Crippen LogP contribution < -0.4 is 5.32 Å². The summed E-state index contributed by atoms with van der Waals surface area (Å²) < 4.78 is 5.47. The number of furan rings is 1. The second kappa shape index (κ2) is 6.01. The summed E-state index contributed by atoms with van der Waals surface area (Å²) in [5, 5.41) is 15.5. The summed E-state index contributed by atoms with van der Waals surface area (Å²) in [4.78, 5) is 26.6. The van der Waals surface area contributed by atoms with Crippen molar-refractivity contribution in [3.05, 3.63) is 63.2 Å². The Morgan fingerprint density at radius 2 is 2.17 bits per heavy atom. The first-order valence-electron chi connectivity index (χ1n) is 6.61. The number of aromatic nitrogens is 1. The molecule has 0 bridgehead atoms. The fourth-order valence-electron chi connectivity index (χ4n) is 1.95. The van der Waals surface area contributed by atoms with E-state index in [1.165, 1.54) is 35.6 Å². The number of benzene rings is 1. The van der Waals surface area contributed by atoms with Crippen molar-refractivity contribution >= 4 is 28.1 Å². The van der Waals surface area contributed by atoms with Crippen molar-refractivity contribution in [2.75, 3.05) is 5.32 Å². The predicted octanol–water partition coefficient (Wildman–Crippen LogP) is 3.87. The zero-order valence-corrected chi connectivity index (χ0v) is 12.8. The Kier molecular flexibility index (Phi) is 3.90. The lowest BCUT2D eigenvalue weighted by molar-refractivity contribution is -0.384. The third-order valence-corrected chi connectivity index (χ3v) is 3.79. The maximum atomic E-state index is 12.1. The van der Waals surface area contributed by atoms with Gasteiger partial charge in [-0.25, -0.2) is 4.98 Å². The summed E-state index contributed by atoms with van der Waals surface area (Å²) in [7, 11) is 0. The van der Waals surface area contributed by atoms with Crippen LogP contribution in [0.2, 0.25) is 0 Å². The molecule has 0 spiro atoms. The molecule has 2 aromatic heterocycles. The van der Waals surface area contributed by atoms with Gasteiger partial charge in [-0.05, 0) is 25.1 Å². The maximum absolute atomic E-state index is 12.1. The Hall–Kier alpha value is -3.00. The van der Waals surface area contributed by atoms with Crippen LogP contribution in [0.25, 0.3) is 11.5 Å². The summed E-state index contributed by atoms with van der Waals surface area (Å²) in [6.45, 7) is 1.83. The molecule has 3 aromatic rings. The lowest BCUT2D eigenvalue weighted by Gasteiger charge is -2.01. The van der Waals surface area contributed by atoms with Gasteiger partial charge in [0.15, 0.2) is 10.9 Å². The number of amides is 1. The lowest BCUT2D eigenvalue weighted by atomic mass is 10.2. The summed E-state index contributed by atoms with van der Waals surface area (Å²) in [6.07, 6.45) is 0. The van der Waals surface area contributed by atoms with E-state index in [0.717, 1.165) is 5.76 Å². The molecule has 2 heterocycles. The molecule has 1 amide bonds. The number of nitrogens with zero attached hydrogens (tertiary/aromatic N) is 2. The van der Waals surface area contributed by atoms with Crippen molar-refractivity contribution in [3.8, 4) is 11.5 Å². The van der Waals surface area contributed by atoms with Crippen molar-refractivity contribution < 1.29 is 14.1 Å². The topological polar surface area (TPSA) is 98.3 Å². The first kappa shape index (κ1) is 14.9. The molecule has 0 unspecified atom stereocenters. The van der Waals surface area contributed by atoms with Crippen LogP contribution in [-0.2, 0) is 0 Å². The fraction of sp³-hybridized carbons (Fsp3) is 0.0667. The van der Waals surface area contributed by atoms with Gasteiger partial charge >= 0.3 is 0 Å². The average molecular weight is 329 g/mol. The lowest BCUT2D eigenvalue weighted by Crippen LogP contribution is -2.11. The number of nitro groups is 1. The molecule has 0 aliphatic heterocycles. The van der Waals surface area contributed by atoms with Crippen LogP contribution >= 0.6 is 11.3 Å². The molecule has 0 saturated carbocycles. The molecule has 1 N–H and O–H groups in total. The van der Waals surface area contributed by atoms with E-state index in [9.17, 15) is 14.9 Å². The van der Waals surface area contributed by atoms with Crippen molar-refractivity contribution in [2.24, 2.45) is 0 Å². The van der Waals surface area contributed by atoms with E-state index in [1.807, 2.05) is 13.0 Å². The predicted molar refractivity (Wildman–Crippen MR) is 85.6 cm³/mol. The number of anilines is 1. The van der Waals surface area contributed by atoms with Crippen LogP contribution in [0.15, 0.2) is 46.2 Å². The normalized spacial score (nSPS) is 10.5. The SMILES string of the molecule is Cc1ccc(-c2csc(NC(=O)c3cccc([N+](=O)[O-])c3)n2)o1. The Morgan fingerprint density at radius 1 is 1.35 bits per heavy atom. The van der Waals surface area contributed by atoms with Crippen LogP contribution in [0.5, 0.6) is 0 Å². The molecule has 0 saturated heterocycles. The fourth-order valence-corrected chi connectivity index (χ4v) is 2.64. The molecule has 3 rings (SSSR count). The highest BCUT2D eigenvalue weighted by Gasteiger charge is 2.14. The van der Waals surface area contributed by atoms with E-state index in [0.29, 0.717) is 16.6 Å². The van der Waals surface area contributed by atoms with Crippen LogP contribution in [0.3, 0.4) is 0 Å². The molecule has 1 aromatic carbocycles. The molecule has 0 aliphatic carbocycles. The van der Waals surface area contributed by atoms with Gasteiger partial charge in [-0.2, -0.15) is 0 Å². The largest absolute Gasteiger partial charge is 0.460 e. The minimum absolute atomic E-state index is 0.136. The van der Waals surface area contributed by atoms with Crippen LogP contribution in [0, 0.1) is 17.0 Å². The minimum atomic E-state index is -0.544. The van der Waals surface area contributed by atoms with E-state index in [1.54, 1.807) is 11.4 Å². The average Bonchev–Trinajstić information content (AvgIpc) is 3.16. The number of rotatable bonds is 4. The number of hydrogen-bond acceptors (Lipinski definition) is 6. The van der Waals surface area contributed by atoms with Gasteiger partial charge in [-0.15, -0.1) is 11.3 Å². The molecule has 0 aliphatic rings. The smallest absolute Gasteiger partial charge is 0.270 e. The van der Waals surface area contributed by atoms with Gasteiger partial charge in [0.1, 0.15) is 11.5 Å². The highest BCUT2D eigenvalue weighted by molar-refractivity contribution is 7.14. The van der Waals surface area contributed by atoms with Gasteiger partial charge in [0, 0.05) is 23.1 Å². The highest BCUT2D eigenvalue weighted by atomic mass is 32.1. The molecular weight excluding hydrogens is 318 g/mol. The molecule has 8 heteroatoms. The first-order chi connectivity index (χ1) is 11.0. The van der Waals surface area contributed by atoms with Gasteiger partial charge in [-0.3, -0.25) is 20.2 Å². The van der Waals surface area contributed by atoms with Gasteiger partial charge in [-0.1, -0.05) is 6.07 Å². The molecule has 23 heavy (non-hydrogen) atoms. The molecule has 0 fully saturated rings. The number of carbonyl (C=O) groups excluding carboxylic acids is 1. The van der Waals surface area contributed by atoms with Gasteiger partial charge in [0.05, 0.1) is 4.92 Å². The monoisotopic (exact) mass is 329 g/mol. The summed E-state index contributed by atoms with van der Waals surface area (Å²) in [5.74, 6) is 0.940. The zero-order valence-electron chi connectivity index (χ0n) is 12.0. The number of non-ortho nitro benzene ring substituents is 1. The zero-order chi connectivity index (χ0) is 16.4. The number of hydrogen-bond donors (Lipinski definition) is 1. The number of aryl methyl sites for hydroxylation is 1. The Morgan fingerprint density at radius 3 is 2.87 bits per heavy atom. The van der Waals surface area contributed by atoms with Gasteiger partial charge in [0.2, 0.25) is 0 Å². The maximum Gasteiger partial charge on any atom is 0.270 e. The third kappa shape index (κ3) is 3.27. The van der Waals surface area contributed by atoms with Crippen molar-refractivity contribution in [1.82, 2.24) is 4.98 Å². The summed E-state index contributed by atoms with van der Waals surface area (Å²) >= 11 is 1.25. The number of nitrogens with one attached hydrogen (secondary N) is 1. The molecular formula is C15H11N3O4S. The highest BCUT2D eigenvalue weighted by Crippen LogP contribution is 2.26. The summed E-state index contributed by atoms with van der Waals surface area (Å²) in [6, 6.07) is 9.16. The number of thiazole rings is 1. The number of nitro benzene ring substituents is 1. The van der Waals surface area contributed by atoms with E-state index >= 15 is 0 Å². The van der Waals surface area contributed by atoms with E-state index in [2.05, 4.69) is 10.3 Å². The van der Waals surface area contributed by atoms with Crippen LogP contribution in [0.4, 0.5) is 10.8 Å².